The van der Waals surface area contributed by atoms with Gasteiger partial charge in [-0.25, -0.2) is 4.39 Å². The molecule has 2 aromatic carbocycles. The molecule has 1 aliphatic rings. The summed E-state index contributed by atoms with van der Waals surface area (Å²) in [5.74, 6) is -2.63. The minimum atomic E-state index is -1.35. The van der Waals surface area contributed by atoms with Crippen LogP contribution < -0.4 is 10.6 Å². The fraction of sp³-hybridized carbons (Fsp3) is 0.300. The van der Waals surface area contributed by atoms with Crippen molar-refractivity contribution in [2.24, 2.45) is 5.92 Å². The molecule has 0 spiro atoms. The number of rotatable bonds is 6. The van der Waals surface area contributed by atoms with Crippen molar-refractivity contribution in [1.82, 2.24) is 5.32 Å². The summed E-state index contributed by atoms with van der Waals surface area (Å²) >= 11 is 24.5. The van der Waals surface area contributed by atoms with E-state index in [0.717, 1.165) is 6.42 Å². The van der Waals surface area contributed by atoms with Crippen LogP contribution in [0.15, 0.2) is 36.4 Å². The highest BCUT2D eigenvalue weighted by Crippen LogP contribution is 2.65. The van der Waals surface area contributed by atoms with Gasteiger partial charge < -0.3 is 10.6 Å². The number of amides is 2. The van der Waals surface area contributed by atoms with Crippen LogP contribution in [0, 0.1) is 11.7 Å². The van der Waals surface area contributed by atoms with Gasteiger partial charge >= 0.3 is 0 Å². The highest BCUT2D eigenvalue weighted by molar-refractivity contribution is 6.53. The summed E-state index contributed by atoms with van der Waals surface area (Å²) in [7, 11) is 0. The molecule has 0 saturated heterocycles. The molecule has 1 fully saturated rings. The van der Waals surface area contributed by atoms with Crippen LogP contribution in [0.1, 0.15) is 35.2 Å². The molecule has 0 heterocycles. The zero-order valence-electron chi connectivity index (χ0n) is 15.2. The van der Waals surface area contributed by atoms with Crippen molar-refractivity contribution in [3.05, 3.63) is 63.4 Å². The van der Waals surface area contributed by atoms with E-state index in [2.05, 4.69) is 10.6 Å². The summed E-state index contributed by atoms with van der Waals surface area (Å²) in [5.41, 5.74) is 1.20. The number of hydrogen-bond donors (Lipinski definition) is 2. The number of nitrogens with one attached hydrogen (secondary N) is 2. The molecule has 3 rings (SSSR count). The zero-order valence-corrected chi connectivity index (χ0v) is 18.3. The maximum atomic E-state index is 13.4. The Labute approximate surface area is 187 Å². The fourth-order valence-electron chi connectivity index (χ4n) is 3.10. The van der Waals surface area contributed by atoms with Gasteiger partial charge in [-0.05, 0) is 42.3 Å². The second-order valence-electron chi connectivity index (χ2n) is 6.74. The van der Waals surface area contributed by atoms with Gasteiger partial charge in [0.2, 0.25) is 5.91 Å². The molecule has 0 bridgehead atoms. The molecule has 1 saturated carbocycles. The Morgan fingerprint density at radius 2 is 1.83 bits per heavy atom. The normalized spacial score (nSPS) is 19.5. The van der Waals surface area contributed by atoms with Crippen molar-refractivity contribution in [2.75, 3.05) is 11.9 Å². The Morgan fingerprint density at radius 3 is 2.48 bits per heavy atom. The van der Waals surface area contributed by atoms with Crippen molar-refractivity contribution in [3.63, 3.8) is 0 Å². The van der Waals surface area contributed by atoms with Crippen LogP contribution in [-0.4, -0.2) is 22.7 Å². The molecule has 2 amide bonds. The number of anilines is 1. The number of halogens is 5. The Kier molecular flexibility index (Phi) is 6.64. The summed E-state index contributed by atoms with van der Waals surface area (Å²) in [6.45, 7) is 2.44. The number of carbonyl (C=O) groups excluding carboxylic acids is 2. The first-order valence-electron chi connectivity index (χ1n) is 8.88. The van der Waals surface area contributed by atoms with Crippen molar-refractivity contribution < 1.29 is 14.0 Å². The lowest BCUT2D eigenvalue weighted by Gasteiger charge is -2.10. The molecule has 1 aliphatic carbocycles. The predicted octanol–water partition coefficient (Wildman–Crippen LogP) is 5.80. The lowest BCUT2D eigenvalue weighted by Crippen LogP contribution is -2.24. The van der Waals surface area contributed by atoms with E-state index >= 15 is 0 Å². The lowest BCUT2D eigenvalue weighted by molar-refractivity contribution is -0.117. The Bertz CT molecular complexity index is 967. The molecule has 4 nitrogen and oxygen atoms in total. The van der Waals surface area contributed by atoms with E-state index in [9.17, 15) is 14.0 Å². The monoisotopic (exact) mass is 476 g/mol. The first-order valence-corrected chi connectivity index (χ1v) is 10.4. The summed E-state index contributed by atoms with van der Waals surface area (Å²) in [6.07, 6.45) is 0.782. The van der Waals surface area contributed by atoms with Crippen molar-refractivity contribution in [2.45, 2.75) is 23.6 Å². The van der Waals surface area contributed by atoms with E-state index in [1.165, 1.54) is 30.3 Å². The summed E-state index contributed by atoms with van der Waals surface area (Å²) in [4.78, 5) is 25.0. The van der Waals surface area contributed by atoms with Gasteiger partial charge in [0.25, 0.3) is 5.91 Å². The third-order valence-corrected chi connectivity index (χ3v) is 6.21. The molecule has 0 unspecified atom stereocenters. The van der Waals surface area contributed by atoms with Gasteiger partial charge in [0.15, 0.2) is 0 Å². The smallest absolute Gasteiger partial charge is 0.252 e. The average Bonchev–Trinajstić information content (AvgIpc) is 3.25. The first-order chi connectivity index (χ1) is 13.7. The zero-order chi connectivity index (χ0) is 21.3. The SMILES string of the molecule is CCCNC(=O)c1cc(NC(=O)[C@H]2[C@H](c3ccc(F)c(Cl)c3)C2(Cl)Cl)ccc1Cl. The topological polar surface area (TPSA) is 58.2 Å². The van der Waals surface area contributed by atoms with Gasteiger partial charge in [-0.15, -0.1) is 23.2 Å². The molecule has 0 aliphatic heterocycles. The number of hydrogen-bond acceptors (Lipinski definition) is 2. The largest absolute Gasteiger partial charge is 0.352 e. The summed E-state index contributed by atoms with van der Waals surface area (Å²) in [6, 6.07) is 8.70. The van der Waals surface area contributed by atoms with Crippen LogP contribution in [0.5, 0.6) is 0 Å². The minimum absolute atomic E-state index is 0.0712. The third kappa shape index (κ3) is 4.64. The van der Waals surface area contributed by atoms with E-state index < -0.39 is 27.9 Å². The minimum Gasteiger partial charge on any atom is -0.352 e. The maximum Gasteiger partial charge on any atom is 0.252 e. The number of alkyl halides is 2. The summed E-state index contributed by atoms with van der Waals surface area (Å²) in [5, 5.41) is 5.64. The van der Waals surface area contributed by atoms with Gasteiger partial charge in [-0.1, -0.05) is 36.2 Å². The molecule has 2 atom stereocenters. The molecular formula is C20H17Cl4FN2O2. The Balaban J connectivity index is 1.76. The van der Waals surface area contributed by atoms with Crippen molar-refractivity contribution in [1.29, 1.82) is 0 Å². The van der Waals surface area contributed by atoms with Crippen molar-refractivity contribution >= 4 is 63.9 Å². The first kappa shape index (κ1) is 22.2. The van der Waals surface area contributed by atoms with Gasteiger partial charge in [-0.3, -0.25) is 9.59 Å². The second kappa shape index (κ2) is 8.68. The van der Waals surface area contributed by atoms with E-state index in [-0.39, 0.29) is 21.5 Å². The van der Waals surface area contributed by atoms with Gasteiger partial charge in [0.1, 0.15) is 10.2 Å². The quantitative estimate of drug-likeness (QED) is 0.516. The molecule has 2 aromatic rings. The van der Waals surface area contributed by atoms with E-state index in [1.807, 2.05) is 6.92 Å². The van der Waals surface area contributed by atoms with Gasteiger partial charge in [0, 0.05) is 18.2 Å². The predicted molar refractivity (Wildman–Crippen MR) is 115 cm³/mol. The fourth-order valence-corrected chi connectivity index (χ4v) is 4.32. The highest BCUT2D eigenvalue weighted by Gasteiger charge is 2.67. The standard InChI is InChI=1S/C20H17Cl4FN2O2/c1-2-7-26-18(28)12-9-11(4-5-13(12)21)27-19(29)17-16(20(17,23)24)10-3-6-15(25)14(22)8-10/h3-6,8-9,16-17H,2,7H2,1H3,(H,26,28)(H,27,29)/t16-,17+/m0/s1. The summed E-state index contributed by atoms with van der Waals surface area (Å²) < 4.78 is 12.1. The van der Waals surface area contributed by atoms with Crippen LogP contribution in [0.3, 0.4) is 0 Å². The van der Waals surface area contributed by atoms with E-state index in [0.29, 0.717) is 17.8 Å². The Morgan fingerprint density at radius 1 is 1.10 bits per heavy atom. The van der Waals surface area contributed by atoms with Crippen LogP contribution in [0.2, 0.25) is 10.0 Å². The molecule has 9 heteroatoms. The van der Waals surface area contributed by atoms with Crippen LogP contribution in [0.25, 0.3) is 0 Å². The molecular weight excluding hydrogens is 461 g/mol. The Hall–Kier alpha value is -1.53. The second-order valence-corrected chi connectivity index (χ2v) is 9.00. The molecule has 0 radical (unpaired) electrons. The lowest BCUT2D eigenvalue weighted by atomic mass is 10.1. The molecule has 29 heavy (non-hydrogen) atoms. The van der Waals surface area contributed by atoms with Crippen LogP contribution in [-0.2, 0) is 4.79 Å². The molecule has 154 valence electrons. The number of carbonyl (C=O) groups is 2. The number of benzene rings is 2. The van der Waals surface area contributed by atoms with E-state index in [4.69, 9.17) is 46.4 Å². The third-order valence-electron chi connectivity index (χ3n) is 4.65. The highest BCUT2D eigenvalue weighted by atomic mass is 35.5. The van der Waals surface area contributed by atoms with Gasteiger partial charge in [-0.2, -0.15) is 0 Å². The average molecular weight is 478 g/mol. The van der Waals surface area contributed by atoms with Gasteiger partial charge in [0.05, 0.1) is 21.5 Å². The van der Waals surface area contributed by atoms with E-state index in [1.54, 1.807) is 6.07 Å². The maximum absolute atomic E-state index is 13.4. The molecule has 0 aromatic heterocycles. The van der Waals surface area contributed by atoms with Crippen LogP contribution >= 0.6 is 46.4 Å². The van der Waals surface area contributed by atoms with Crippen LogP contribution in [0.4, 0.5) is 10.1 Å². The van der Waals surface area contributed by atoms with Crippen molar-refractivity contribution in [3.8, 4) is 0 Å². The molecule has 2 N–H and O–H groups in total.